The van der Waals surface area contributed by atoms with Crippen molar-refractivity contribution in [3.63, 3.8) is 0 Å². The van der Waals surface area contributed by atoms with Crippen molar-refractivity contribution in [1.82, 2.24) is 5.32 Å². The van der Waals surface area contributed by atoms with E-state index < -0.39 is 0 Å². The van der Waals surface area contributed by atoms with E-state index in [1.54, 1.807) is 14.2 Å². The third-order valence-electron chi connectivity index (χ3n) is 3.71. The summed E-state index contributed by atoms with van der Waals surface area (Å²) in [7, 11) is 3.37. The lowest BCUT2D eigenvalue weighted by molar-refractivity contribution is 0.348. The number of benzene rings is 1. The first kappa shape index (κ1) is 16.8. The van der Waals surface area contributed by atoms with Gasteiger partial charge in [0.1, 0.15) is 0 Å². The van der Waals surface area contributed by atoms with Gasteiger partial charge in [0, 0.05) is 18.2 Å². The van der Waals surface area contributed by atoms with Crippen LogP contribution in [0.25, 0.3) is 0 Å². The lowest BCUT2D eigenvalue weighted by Crippen LogP contribution is -2.28. The zero-order chi connectivity index (χ0) is 14.8. The fraction of sp³-hybridized carbons (Fsp3) is 0.647. The molecule has 3 nitrogen and oxygen atoms in total. The van der Waals surface area contributed by atoms with Crippen LogP contribution >= 0.6 is 0 Å². The summed E-state index contributed by atoms with van der Waals surface area (Å²) in [5.74, 6) is 1.64. The maximum atomic E-state index is 5.47. The Hall–Kier alpha value is -1.22. The Bertz CT molecular complexity index is 379. The maximum absolute atomic E-state index is 5.47. The molecule has 0 radical (unpaired) electrons. The summed E-state index contributed by atoms with van der Waals surface area (Å²) in [5, 5.41) is 3.64. The van der Waals surface area contributed by atoms with Gasteiger partial charge < -0.3 is 14.8 Å². The lowest BCUT2D eigenvalue weighted by Gasteiger charge is -2.18. The molecule has 0 aliphatic carbocycles. The highest BCUT2D eigenvalue weighted by atomic mass is 16.5. The molecule has 0 aliphatic rings. The predicted molar refractivity (Wildman–Crippen MR) is 84.6 cm³/mol. The van der Waals surface area contributed by atoms with Crippen LogP contribution in [0.4, 0.5) is 0 Å². The molecule has 0 amide bonds. The topological polar surface area (TPSA) is 30.5 Å². The number of rotatable bonds is 10. The first-order valence-electron chi connectivity index (χ1n) is 7.70. The highest BCUT2D eigenvalue weighted by Crippen LogP contribution is 2.30. The van der Waals surface area contributed by atoms with E-state index in [1.165, 1.54) is 25.7 Å². The van der Waals surface area contributed by atoms with Crippen LogP contribution in [0.1, 0.15) is 51.5 Å². The molecule has 0 saturated carbocycles. The van der Waals surface area contributed by atoms with Crippen molar-refractivity contribution < 1.29 is 9.47 Å². The van der Waals surface area contributed by atoms with Gasteiger partial charge >= 0.3 is 0 Å². The third kappa shape index (κ3) is 5.04. The minimum atomic E-state index is 0.581. The Balaban J connectivity index is 2.59. The molecule has 0 spiro atoms. The zero-order valence-corrected chi connectivity index (χ0v) is 13.4. The summed E-state index contributed by atoms with van der Waals surface area (Å²) in [6.07, 6.45) is 6.31. The Kier molecular flexibility index (Phi) is 8.12. The van der Waals surface area contributed by atoms with Crippen molar-refractivity contribution in [3.05, 3.63) is 23.8 Å². The molecule has 3 heteroatoms. The first-order valence-corrected chi connectivity index (χ1v) is 7.70. The van der Waals surface area contributed by atoms with E-state index in [-0.39, 0.29) is 0 Å². The van der Waals surface area contributed by atoms with Crippen molar-refractivity contribution in [1.29, 1.82) is 0 Å². The van der Waals surface area contributed by atoms with E-state index in [9.17, 15) is 0 Å². The number of nitrogens with one attached hydrogen (secondary N) is 1. The van der Waals surface area contributed by atoms with Gasteiger partial charge in [0.2, 0.25) is 0 Å². The Morgan fingerprint density at radius 2 is 1.90 bits per heavy atom. The van der Waals surface area contributed by atoms with Gasteiger partial charge in [-0.25, -0.2) is 0 Å². The molecule has 1 unspecified atom stereocenters. The molecule has 1 aromatic rings. The molecule has 0 bridgehead atoms. The lowest BCUT2D eigenvalue weighted by atomic mass is 10.1. The van der Waals surface area contributed by atoms with Crippen LogP contribution in [-0.4, -0.2) is 20.3 Å². The van der Waals surface area contributed by atoms with Gasteiger partial charge in [0.15, 0.2) is 11.5 Å². The quantitative estimate of drug-likeness (QED) is 0.653. The van der Waals surface area contributed by atoms with Gasteiger partial charge in [-0.15, -0.1) is 0 Å². The van der Waals surface area contributed by atoms with Crippen molar-refractivity contribution in [2.75, 3.05) is 14.2 Å². The molecular weight excluding hydrogens is 250 g/mol. The van der Waals surface area contributed by atoms with E-state index in [0.717, 1.165) is 30.0 Å². The van der Waals surface area contributed by atoms with E-state index >= 15 is 0 Å². The number of methoxy groups -OCH3 is 2. The van der Waals surface area contributed by atoms with E-state index in [2.05, 4.69) is 25.2 Å². The van der Waals surface area contributed by atoms with Gasteiger partial charge in [0.25, 0.3) is 0 Å². The summed E-state index contributed by atoms with van der Waals surface area (Å²) >= 11 is 0. The van der Waals surface area contributed by atoms with Gasteiger partial charge in [-0.2, -0.15) is 0 Å². The highest BCUT2D eigenvalue weighted by molar-refractivity contribution is 5.46. The molecule has 114 valence electrons. The van der Waals surface area contributed by atoms with Crippen molar-refractivity contribution >= 4 is 0 Å². The van der Waals surface area contributed by atoms with Gasteiger partial charge in [-0.05, 0) is 18.9 Å². The summed E-state index contributed by atoms with van der Waals surface area (Å²) in [4.78, 5) is 0. The molecule has 0 aliphatic heterocycles. The third-order valence-corrected chi connectivity index (χ3v) is 3.71. The number of hydrogen-bond donors (Lipinski definition) is 1. The SMILES string of the molecule is CCCCCC(CC)NCc1cccc(OC)c1OC. The van der Waals surface area contributed by atoms with Gasteiger partial charge in [0.05, 0.1) is 14.2 Å². The number of hydrogen-bond acceptors (Lipinski definition) is 3. The Morgan fingerprint density at radius 3 is 2.50 bits per heavy atom. The van der Waals surface area contributed by atoms with Crippen LogP contribution in [0.2, 0.25) is 0 Å². The second kappa shape index (κ2) is 9.65. The summed E-state index contributed by atoms with van der Waals surface area (Å²) in [6, 6.07) is 6.61. The first-order chi connectivity index (χ1) is 9.76. The molecule has 0 heterocycles. The summed E-state index contributed by atoms with van der Waals surface area (Å²) in [6.45, 7) is 5.31. The fourth-order valence-corrected chi connectivity index (χ4v) is 2.44. The Labute approximate surface area is 123 Å². The Morgan fingerprint density at radius 1 is 1.10 bits per heavy atom. The van der Waals surface area contributed by atoms with Crippen LogP contribution in [0.3, 0.4) is 0 Å². The number of ether oxygens (including phenoxy) is 2. The maximum Gasteiger partial charge on any atom is 0.165 e. The van der Waals surface area contributed by atoms with Crippen molar-refractivity contribution in [3.8, 4) is 11.5 Å². The van der Waals surface area contributed by atoms with E-state index in [1.807, 2.05) is 12.1 Å². The number of para-hydroxylation sites is 1. The molecule has 0 aromatic heterocycles. The molecule has 1 aromatic carbocycles. The molecule has 20 heavy (non-hydrogen) atoms. The smallest absolute Gasteiger partial charge is 0.165 e. The molecule has 1 N–H and O–H groups in total. The summed E-state index contributed by atoms with van der Waals surface area (Å²) in [5.41, 5.74) is 1.15. The van der Waals surface area contributed by atoms with Crippen LogP contribution in [0.5, 0.6) is 11.5 Å². The molecule has 1 rings (SSSR count). The van der Waals surface area contributed by atoms with Crippen LogP contribution in [0.15, 0.2) is 18.2 Å². The minimum absolute atomic E-state index is 0.581. The molecule has 0 saturated heterocycles. The van der Waals surface area contributed by atoms with Crippen LogP contribution < -0.4 is 14.8 Å². The second-order valence-corrected chi connectivity index (χ2v) is 5.13. The standard InChI is InChI=1S/C17H29NO2/c1-5-7-8-11-15(6-2)18-13-14-10-9-12-16(19-3)17(14)20-4/h9-10,12,15,18H,5-8,11,13H2,1-4H3. The molecule has 1 atom stereocenters. The van der Waals surface area contributed by atoms with Crippen LogP contribution in [-0.2, 0) is 6.54 Å². The van der Waals surface area contributed by atoms with Crippen molar-refractivity contribution in [2.45, 2.75) is 58.5 Å². The minimum Gasteiger partial charge on any atom is -0.493 e. The second-order valence-electron chi connectivity index (χ2n) is 5.13. The average Bonchev–Trinajstić information content (AvgIpc) is 2.50. The van der Waals surface area contributed by atoms with Gasteiger partial charge in [-0.3, -0.25) is 0 Å². The van der Waals surface area contributed by atoms with Gasteiger partial charge in [-0.1, -0.05) is 45.2 Å². The highest BCUT2D eigenvalue weighted by Gasteiger charge is 2.11. The zero-order valence-electron chi connectivity index (χ0n) is 13.4. The van der Waals surface area contributed by atoms with E-state index in [4.69, 9.17) is 9.47 Å². The normalized spacial score (nSPS) is 12.2. The van der Waals surface area contributed by atoms with Crippen LogP contribution in [0, 0.1) is 0 Å². The van der Waals surface area contributed by atoms with Crippen molar-refractivity contribution in [2.24, 2.45) is 0 Å². The largest absolute Gasteiger partial charge is 0.493 e. The number of unbranched alkanes of at least 4 members (excludes halogenated alkanes) is 2. The fourth-order valence-electron chi connectivity index (χ4n) is 2.44. The average molecular weight is 279 g/mol. The summed E-state index contributed by atoms with van der Waals surface area (Å²) < 4.78 is 10.8. The molecule has 0 fully saturated rings. The molecular formula is C17H29NO2. The monoisotopic (exact) mass is 279 g/mol. The predicted octanol–water partition coefficient (Wildman–Crippen LogP) is 4.15. The van der Waals surface area contributed by atoms with E-state index in [0.29, 0.717) is 6.04 Å².